The smallest absolute Gasteiger partial charge is 0.251 e. The molecule has 0 bridgehead atoms. The van der Waals surface area contributed by atoms with E-state index in [9.17, 15) is 4.79 Å². The molecule has 1 N–H and O–H groups in total. The number of carbonyl (C=O) groups excluding carboxylic acids is 1. The average Bonchev–Trinajstić information content (AvgIpc) is 2.40. The Labute approximate surface area is 115 Å². The molecule has 3 heteroatoms. The van der Waals surface area contributed by atoms with Crippen LogP contribution in [-0.2, 0) is 5.88 Å². The standard InChI is InChI=1S/C15H22ClNO/c1-4-13(5-2)11(3)17-15(18)14-8-6-7-12(9-14)10-16/h6-9,11,13H,4-5,10H2,1-3H3,(H,17,18). The minimum Gasteiger partial charge on any atom is -0.349 e. The van der Waals surface area contributed by atoms with Gasteiger partial charge in [-0.1, -0.05) is 38.8 Å². The van der Waals surface area contributed by atoms with E-state index in [1.165, 1.54) is 0 Å². The SMILES string of the molecule is CCC(CC)C(C)NC(=O)c1cccc(CCl)c1. The number of halogens is 1. The maximum atomic E-state index is 12.1. The predicted molar refractivity (Wildman–Crippen MR) is 77.0 cm³/mol. The lowest BCUT2D eigenvalue weighted by molar-refractivity contribution is 0.0925. The molecule has 1 unspecified atom stereocenters. The first-order valence-electron chi connectivity index (χ1n) is 6.58. The van der Waals surface area contributed by atoms with Gasteiger partial charge in [0.15, 0.2) is 0 Å². The third-order valence-corrected chi connectivity index (χ3v) is 3.77. The number of alkyl halides is 1. The van der Waals surface area contributed by atoms with E-state index in [1.807, 2.05) is 24.3 Å². The summed E-state index contributed by atoms with van der Waals surface area (Å²) in [5.74, 6) is 0.954. The Balaban J connectivity index is 2.69. The summed E-state index contributed by atoms with van der Waals surface area (Å²) in [6.07, 6.45) is 2.17. The van der Waals surface area contributed by atoms with Gasteiger partial charge in [-0.3, -0.25) is 4.79 Å². The van der Waals surface area contributed by atoms with Crippen LogP contribution in [0.1, 0.15) is 49.5 Å². The molecule has 0 spiro atoms. The highest BCUT2D eigenvalue weighted by Crippen LogP contribution is 2.14. The van der Waals surface area contributed by atoms with Crippen LogP contribution in [0.15, 0.2) is 24.3 Å². The van der Waals surface area contributed by atoms with Gasteiger partial charge in [-0.05, 0) is 30.5 Å². The van der Waals surface area contributed by atoms with Crippen molar-refractivity contribution < 1.29 is 4.79 Å². The summed E-state index contributed by atoms with van der Waals surface area (Å²) in [5, 5.41) is 3.07. The summed E-state index contributed by atoms with van der Waals surface area (Å²) in [5.41, 5.74) is 1.66. The molecule has 0 aliphatic carbocycles. The van der Waals surface area contributed by atoms with Gasteiger partial charge < -0.3 is 5.32 Å². The lowest BCUT2D eigenvalue weighted by Gasteiger charge is -2.22. The van der Waals surface area contributed by atoms with Crippen LogP contribution in [0.3, 0.4) is 0 Å². The molecular weight excluding hydrogens is 246 g/mol. The number of hydrogen-bond donors (Lipinski definition) is 1. The molecule has 0 aliphatic rings. The van der Waals surface area contributed by atoms with Crippen LogP contribution < -0.4 is 5.32 Å². The number of hydrogen-bond acceptors (Lipinski definition) is 1. The normalized spacial score (nSPS) is 12.5. The molecule has 0 heterocycles. The van der Waals surface area contributed by atoms with Gasteiger partial charge in [-0.2, -0.15) is 0 Å². The lowest BCUT2D eigenvalue weighted by Crippen LogP contribution is -2.37. The van der Waals surface area contributed by atoms with E-state index in [4.69, 9.17) is 11.6 Å². The van der Waals surface area contributed by atoms with Gasteiger partial charge in [0.05, 0.1) is 0 Å². The van der Waals surface area contributed by atoms with E-state index < -0.39 is 0 Å². The zero-order chi connectivity index (χ0) is 13.5. The summed E-state index contributed by atoms with van der Waals surface area (Å²) in [6.45, 7) is 6.39. The first-order chi connectivity index (χ1) is 8.62. The highest BCUT2D eigenvalue weighted by molar-refractivity contribution is 6.17. The summed E-state index contributed by atoms with van der Waals surface area (Å²) in [7, 11) is 0. The molecule has 1 aromatic carbocycles. The van der Waals surface area contributed by atoms with Crippen molar-refractivity contribution in [2.75, 3.05) is 0 Å². The highest BCUT2D eigenvalue weighted by atomic mass is 35.5. The number of nitrogens with one attached hydrogen (secondary N) is 1. The van der Waals surface area contributed by atoms with E-state index >= 15 is 0 Å². The second-order valence-corrected chi connectivity index (χ2v) is 4.94. The summed E-state index contributed by atoms with van der Waals surface area (Å²) in [6, 6.07) is 7.67. The Bertz CT molecular complexity index is 388. The van der Waals surface area contributed by atoms with Crippen LogP contribution in [0.25, 0.3) is 0 Å². The molecule has 0 aliphatic heterocycles. The van der Waals surface area contributed by atoms with Crippen molar-refractivity contribution in [2.45, 2.75) is 45.5 Å². The molecule has 1 rings (SSSR count). The van der Waals surface area contributed by atoms with Crippen LogP contribution in [-0.4, -0.2) is 11.9 Å². The number of rotatable bonds is 6. The molecule has 0 radical (unpaired) electrons. The Morgan fingerprint density at radius 2 is 2.00 bits per heavy atom. The summed E-state index contributed by atoms with van der Waals surface area (Å²) >= 11 is 5.77. The fourth-order valence-electron chi connectivity index (χ4n) is 2.20. The third-order valence-electron chi connectivity index (χ3n) is 3.46. The van der Waals surface area contributed by atoms with Gasteiger partial charge in [-0.15, -0.1) is 11.6 Å². The monoisotopic (exact) mass is 267 g/mol. The minimum absolute atomic E-state index is 0.0126. The topological polar surface area (TPSA) is 29.1 Å². The van der Waals surface area contributed by atoms with Crippen molar-refractivity contribution in [2.24, 2.45) is 5.92 Å². The molecule has 0 saturated carbocycles. The molecule has 18 heavy (non-hydrogen) atoms. The van der Waals surface area contributed by atoms with Crippen molar-refractivity contribution in [3.05, 3.63) is 35.4 Å². The van der Waals surface area contributed by atoms with Crippen molar-refractivity contribution >= 4 is 17.5 Å². The van der Waals surface area contributed by atoms with Crippen LogP contribution in [0.2, 0.25) is 0 Å². The zero-order valence-electron chi connectivity index (χ0n) is 11.4. The quantitative estimate of drug-likeness (QED) is 0.776. The molecule has 100 valence electrons. The molecule has 2 nitrogen and oxygen atoms in total. The molecule has 1 aromatic rings. The van der Waals surface area contributed by atoms with Crippen molar-refractivity contribution in [3.8, 4) is 0 Å². The van der Waals surface area contributed by atoms with Crippen molar-refractivity contribution in [1.82, 2.24) is 5.32 Å². The fraction of sp³-hybridized carbons (Fsp3) is 0.533. The summed E-state index contributed by atoms with van der Waals surface area (Å²) in [4.78, 5) is 12.1. The maximum Gasteiger partial charge on any atom is 0.251 e. The van der Waals surface area contributed by atoms with Crippen LogP contribution in [0, 0.1) is 5.92 Å². The van der Waals surface area contributed by atoms with E-state index in [-0.39, 0.29) is 11.9 Å². The second kappa shape index (κ2) is 7.42. The molecule has 0 saturated heterocycles. The van der Waals surface area contributed by atoms with Crippen LogP contribution in [0.4, 0.5) is 0 Å². The molecule has 1 atom stereocenters. The van der Waals surface area contributed by atoms with Gasteiger partial charge in [0.1, 0.15) is 0 Å². The number of amides is 1. The van der Waals surface area contributed by atoms with Gasteiger partial charge in [0.2, 0.25) is 0 Å². The van der Waals surface area contributed by atoms with E-state index in [0.29, 0.717) is 17.4 Å². The first-order valence-corrected chi connectivity index (χ1v) is 7.11. The number of benzene rings is 1. The third kappa shape index (κ3) is 4.02. The van der Waals surface area contributed by atoms with Gasteiger partial charge in [0.25, 0.3) is 5.91 Å². The van der Waals surface area contributed by atoms with E-state index in [0.717, 1.165) is 18.4 Å². The average molecular weight is 268 g/mol. The van der Waals surface area contributed by atoms with Crippen molar-refractivity contribution in [1.29, 1.82) is 0 Å². The molecule has 0 aromatic heterocycles. The first kappa shape index (κ1) is 15.0. The molecule has 1 amide bonds. The second-order valence-electron chi connectivity index (χ2n) is 4.67. The maximum absolute atomic E-state index is 12.1. The summed E-state index contributed by atoms with van der Waals surface area (Å²) < 4.78 is 0. The Kier molecular flexibility index (Phi) is 6.20. The predicted octanol–water partition coefficient (Wildman–Crippen LogP) is 3.98. The Hall–Kier alpha value is -1.02. The molecule has 0 fully saturated rings. The van der Waals surface area contributed by atoms with E-state index in [2.05, 4.69) is 26.1 Å². The fourth-order valence-corrected chi connectivity index (χ4v) is 2.37. The van der Waals surface area contributed by atoms with Gasteiger partial charge in [-0.25, -0.2) is 0 Å². The van der Waals surface area contributed by atoms with Crippen LogP contribution in [0.5, 0.6) is 0 Å². The highest BCUT2D eigenvalue weighted by Gasteiger charge is 2.16. The largest absolute Gasteiger partial charge is 0.349 e. The lowest BCUT2D eigenvalue weighted by atomic mass is 9.95. The van der Waals surface area contributed by atoms with Gasteiger partial charge >= 0.3 is 0 Å². The Morgan fingerprint density at radius 3 is 2.56 bits per heavy atom. The Morgan fingerprint density at radius 1 is 1.33 bits per heavy atom. The van der Waals surface area contributed by atoms with Gasteiger partial charge in [0, 0.05) is 17.5 Å². The van der Waals surface area contributed by atoms with Crippen molar-refractivity contribution in [3.63, 3.8) is 0 Å². The zero-order valence-corrected chi connectivity index (χ0v) is 12.1. The molecular formula is C15H22ClNO. The minimum atomic E-state index is -0.0126. The number of carbonyl (C=O) groups is 1. The van der Waals surface area contributed by atoms with E-state index in [1.54, 1.807) is 0 Å². The van der Waals surface area contributed by atoms with Crippen LogP contribution >= 0.6 is 11.6 Å².